The predicted molar refractivity (Wildman–Crippen MR) is 92.7 cm³/mol. The van der Waals surface area contributed by atoms with Crippen LogP contribution in [0.2, 0.25) is 0 Å². The number of halogens is 2. The summed E-state index contributed by atoms with van der Waals surface area (Å²) in [6, 6.07) is 2.82. The van der Waals surface area contributed by atoms with E-state index in [0.29, 0.717) is 28.0 Å². The molecule has 2 N–H and O–H groups in total. The molecule has 2 aromatic rings. The minimum atomic E-state index is -0.723. The quantitative estimate of drug-likeness (QED) is 0.823. The average Bonchev–Trinajstić information content (AvgIpc) is 2.88. The van der Waals surface area contributed by atoms with E-state index in [1.807, 2.05) is 13.8 Å². The fourth-order valence-electron chi connectivity index (χ4n) is 2.04. The van der Waals surface area contributed by atoms with Crippen molar-refractivity contribution in [3.63, 3.8) is 0 Å². The lowest BCUT2D eigenvalue weighted by Crippen LogP contribution is -2.27. The van der Waals surface area contributed by atoms with Gasteiger partial charge in [-0.25, -0.2) is 13.8 Å². The number of carbonyl (C=O) groups excluding carboxylic acids is 2. The van der Waals surface area contributed by atoms with E-state index in [4.69, 9.17) is 0 Å². The van der Waals surface area contributed by atoms with Gasteiger partial charge in [-0.15, -0.1) is 11.3 Å². The zero-order valence-corrected chi connectivity index (χ0v) is 15.0. The highest BCUT2D eigenvalue weighted by atomic mass is 32.1. The Morgan fingerprint density at radius 3 is 2.68 bits per heavy atom. The highest BCUT2D eigenvalue weighted by Crippen LogP contribution is 2.20. The van der Waals surface area contributed by atoms with Crippen molar-refractivity contribution in [2.75, 3.05) is 11.9 Å². The molecule has 1 heterocycles. The van der Waals surface area contributed by atoms with Gasteiger partial charge < -0.3 is 10.6 Å². The second-order valence-corrected chi connectivity index (χ2v) is 7.06. The third kappa shape index (κ3) is 5.32. The van der Waals surface area contributed by atoms with E-state index < -0.39 is 17.5 Å². The minimum absolute atomic E-state index is 0.126. The van der Waals surface area contributed by atoms with Crippen LogP contribution in [-0.2, 0) is 11.2 Å². The Hall–Kier alpha value is -2.35. The lowest BCUT2D eigenvalue weighted by atomic mass is 10.2. The Morgan fingerprint density at radius 2 is 2.00 bits per heavy atom. The van der Waals surface area contributed by atoms with Crippen LogP contribution in [0.5, 0.6) is 0 Å². The van der Waals surface area contributed by atoms with Crippen LogP contribution in [0, 0.1) is 24.5 Å². The van der Waals surface area contributed by atoms with Gasteiger partial charge in [-0.05, 0) is 25.0 Å². The molecule has 8 heteroatoms. The second-order valence-electron chi connectivity index (χ2n) is 5.98. The Morgan fingerprint density at radius 1 is 1.28 bits per heavy atom. The molecular formula is C17H19F2N3O2S. The molecule has 0 spiro atoms. The molecule has 0 bridgehead atoms. The number of hydrogen-bond acceptors (Lipinski definition) is 4. The number of hydrogen-bond donors (Lipinski definition) is 2. The third-order valence-corrected chi connectivity index (χ3v) is 4.39. The average molecular weight is 367 g/mol. The van der Waals surface area contributed by atoms with Crippen molar-refractivity contribution in [3.8, 4) is 0 Å². The molecule has 0 radical (unpaired) electrons. The maximum absolute atomic E-state index is 13.5. The standard InChI is InChI=1S/C17H19F2N3O2S/c1-9(2)8-20-17(24)16-10(3)21-15(25-16)7-14(23)22-13-6-11(18)4-5-12(13)19/h4-6,9H,7-8H2,1-3H3,(H,20,24)(H,22,23). The van der Waals surface area contributed by atoms with Crippen LogP contribution in [0.3, 0.4) is 0 Å². The van der Waals surface area contributed by atoms with E-state index in [1.54, 1.807) is 6.92 Å². The van der Waals surface area contributed by atoms with Crippen molar-refractivity contribution in [3.05, 3.63) is 45.4 Å². The first-order valence-corrected chi connectivity index (χ1v) is 8.57. The van der Waals surface area contributed by atoms with E-state index in [1.165, 1.54) is 0 Å². The highest BCUT2D eigenvalue weighted by Gasteiger charge is 2.17. The Kier molecular flexibility index (Phi) is 6.19. The molecule has 25 heavy (non-hydrogen) atoms. The van der Waals surface area contributed by atoms with Crippen molar-refractivity contribution in [1.82, 2.24) is 10.3 Å². The summed E-state index contributed by atoms with van der Waals surface area (Å²) in [6.45, 7) is 6.21. The minimum Gasteiger partial charge on any atom is -0.351 e. The summed E-state index contributed by atoms with van der Waals surface area (Å²) in [7, 11) is 0. The molecule has 1 aromatic carbocycles. The fraction of sp³-hybridized carbons (Fsp3) is 0.353. The van der Waals surface area contributed by atoms with E-state index >= 15 is 0 Å². The molecule has 0 aliphatic heterocycles. The SMILES string of the molecule is Cc1nc(CC(=O)Nc2cc(F)ccc2F)sc1C(=O)NCC(C)C. The van der Waals surface area contributed by atoms with Gasteiger partial charge in [0.15, 0.2) is 0 Å². The van der Waals surface area contributed by atoms with Crippen LogP contribution in [0.4, 0.5) is 14.5 Å². The summed E-state index contributed by atoms with van der Waals surface area (Å²) in [5.74, 6) is -1.81. The Bertz CT molecular complexity index is 790. The van der Waals surface area contributed by atoms with E-state index in [9.17, 15) is 18.4 Å². The van der Waals surface area contributed by atoms with Gasteiger partial charge in [0.25, 0.3) is 5.91 Å². The monoisotopic (exact) mass is 367 g/mol. The number of nitrogens with zero attached hydrogens (tertiary/aromatic N) is 1. The molecule has 134 valence electrons. The van der Waals surface area contributed by atoms with Crippen LogP contribution in [0.15, 0.2) is 18.2 Å². The summed E-state index contributed by atoms with van der Waals surface area (Å²) in [4.78, 5) is 28.8. The molecule has 0 atom stereocenters. The molecule has 5 nitrogen and oxygen atoms in total. The van der Waals surface area contributed by atoms with Gasteiger partial charge in [0.05, 0.1) is 17.8 Å². The lowest BCUT2D eigenvalue weighted by Gasteiger charge is -2.06. The number of rotatable bonds is 6. The summed E-state index contributed by atoms with van der Waals surface area (Å²) in [5.41, 5.74) is 0.305. The van der Waals surface area contributed by atoms with Crippen LogP contribution in [0.25, 0.3) is 0 Å². The van der Waals surface area contributed by atoms with Crippen molar-refractivity contribution < 1.29 is 18.4 Å². The Balaban J connectivity index is 2.03. The van der Waals surface area contributed by atoms with Crippen molar-refractivity contribution in [2.45, 2.75) is 27.2 Å². The van der Waals surface area contributed by atoms with E-state index in [0.717, 1.165) is 29.5 Å². The summed E-state index contributed by atoms with van der Waals surface area (Å²) in [5, 5.41) is 5.54. The first-order chi connectivity index (χ1) is 11.8. The van der Waals surface area contributed by atoms with Gasteiger partial charge in [-0.1, -0.05) is 13.8 Å². The summed E-state index contributed by atoms with van der Waals surface area (Å²) >= 11 is 1.11. The molecule has 0 saturated heterocycles. The number of anilines is 1. The molecule has 0 fully saturated rings. The maximum atomic E-state index is 13.5. The third-order valence-electron chi connectivity index (χ3n) is 3.23. The number of amides is 2. The van der Waals surface area contributed by atoms with Crippen LogP contribution in [0.1, 0.15) is 34.2 Å². The molecule has 2 rings (SSSR count). The first-order valence-electron chi connectivity index (χ1n) is 7.75. The lowest BCUT2D eigenvalue weighted by molar-refractivity contribution is -0.115. The van der Waals surface area contributed by atoms with Gasteiger partial charge >= 0.3 is 0 Å². The van der Waals surface area contributed by atoms with Crippen LogP contribution >= 0.6 is 11.3 Å². The normalized spacial score (nSPS) is 10.8. The summed E-state index contributed by atoms with van der Waals surface area (Å²) in [6.07, 6.45) is -0.126. The molecule has 0 aliphatic rings. The number of nitrogens with one attached hydrogen (secondary N) is 2. The summed E-state index contributed by atoms with van der Waals surface area (Å²) < 4.78 is 26.7. The number of aromatic nitrogens is 1. The van der Waals surface area contributed by atoms with E-state index in [-0.39, 0.29) is 18.0 Å². The molecule has 2 amide bonds. The molecular weight excluding hydrogens is 348 g/mol. The van der Waals surface area contributed by atoms with Crippen molar-refractivity contribution in [1.29, 1.82) is 0 Å². The Labute approximate surface area is 148 Å². The van der Waals surface area contributed by atoms with Gasteiger partial charge in [0.1, 0.15) is 21.5 Å². The number of aryl methyl sites for hydroxylation is 1. The van der Waals surface area contributed by atoms with E-state index in [2.05, 4.69) is 15.6 Å². The van der Waals surface area contributed by atoms with Crippen molar-refractivity contribution in [2.24, 2.45) is 5.92 Å². The molecule has 1 aromatic heterocycles. The van der Waals surface area contributed by atoms with Crippen LogP contribution < -0.4 is 10.6 Å². The number of thiazole rings is 1. The number of benzene rings is 1. The highest BCUT2D eigenvalue weighted by molar-refractivity contribution is 7.13. The van der Waals surface area contributed by atoms with Gasteiger partial charge in [-0.3, -0.25) is 9.59 Å². The van der Waals surface area contributed by atoms with Gasteiger partial charge in [0, 0.05) is 12.6 Å². The topological polar surface area (TPSA) is 71.1 Å². The molecule has 0 unspecified atom stereocenters. The zero-order chi connectivity index (χ0) is 18.6. The van der Waals surface area contributed by atoms with Crippen LogP contribution in [-0.4, -0.2) is 23.3 Å². The zero-order valence-electron chi connectivity index (χ0n) is 14.2. The molecule has 0 saturated carbocycles. The predicted octanol–water partition coefficient (Wildman–Crippen LogP) is 3.30. The number of carbonyl (C=O) groups is 2. The van der Waals surface area contributed by atoms with Gasteiger partial charge in [0.2, 0.25) is 5.91 Å². The fourth-order valence-corrected chi connectivity index (χ4v) is 3.02. The van der Waals surface area contributed by atoms with Crippen molar-refractivity contribution >= 4 is 28.8 Å². The molecule has 0 aliphatic carbocycles. The maximum Gasteiger partial charge on any atom is 0.263 e. The van der Waals surface area contributed by atoms with Gasteiger partial charge in [-0.2, -0.15) is 0 Å². The smallest absolute Gasteiger partial charge is 0.263 e. The second kappa shape index (κ2) is 8.15. The largest absolute Gasteiger partial charge is 0.351 e. The first kappa shape index (κ1) is 19.0.